The lowest BCUT2D eigenvalue weighted by Crippen LogP contribution is -1.78. The molecule has 0 fully saturated rings. The summed E-state index contributed by atoms with van der Waals surface area (Å²) in [6.45, 7) is 0. The number of fused-ring (bicyclic) bond motifs is 7. The van der Waals surface area contributed by atoms with Crippen LogP contribution < -0.4 is 0 Å². The van der Waals surface area contributed by atoms with Crippen LogP contribution in [0.1, 0.15) is 0 Å². The second-order valence-electron chi connectivity index (χ2n) is 5.72. The van der Waals surface area contributed by atoms with Gasteiger partial charge in [0, 0.05) is 32.8 Å². The molecule has 5 aromatic rings. The van der Waals surface area contributed by atoms with E-state index in [1.165, 1.54) is 0 Å². The first kappa shape index (κ1) is 14.0. The van der Waals surface area contributed by atoms with Gasteiger partial charge in [0.05, 0.1) is 0 Å². The third kappa shape index (κ3) is 2.04. The van der Waals surface area contributed by atoms with Gasteiger partial charge in [-0.3, -0.25) is 0 Å². The fourth-order valence-corrected chi connectivity index (χ4v) is 4.40. The van der Waals surface area contributed by atoms with Crippen LogP contribution >= 0.6 is 18.6 Å². The molecule has 0 unspecified atom stereocenters. The molecule has 0 aliphatic carbocycles. The molecule has 4 aromatic carbocycles. The summed E-state index contributed by atoms with van der Waals surface area (Å²) in [7, 11) is -1.57. The minimum Gasteiger partial charge on any atom is -0.407 e. The van der Waals surface area contributed by atoms with Crippen LogP contribution in [0.15, 0.2) is 81.2 Å². The lowest BCUT2D eigenvalue weighted by molar-refractivity contribution is 0.660. The van der Waals surface area contributed by atoms with Crippen molar-refractivity contribution in [3.63, 3.8) is 0 Å². The molecule has 0 aliphatic heterocycles. The minimum atomic E-state index is -1.57. The van der Waals surface area contributed by atoms with Gasteiger partial charge in [0.15, 0.2) is 11.2 Å². The normalized spacial score (nSPS) is 11.5. The predicted octanol–water partition coefficient (Wildman–Crippen LogP) is 7.60. The molecular weight excluding hydrogens is 339 g/mol. The van der Waals surface area contributed by atoms with Gasteiger partial charge in [0.2, 0.25) is 0 Å². The summed E-state index contributed by atoms with van der Waals surface area (Å²) in [5.41, 5.74) is 1.59. The Morgan fingerprint density at radius 2 is 1.00 bits per heavy atom. The molecule has 0 spiro atoms. The Hall–Kier alpha value is -2.41. The van der Waals surface area contributed by atoms with Gasteiger partial charge in [-0.25, -0.2) is 0 Å². The minimum absolute atomic E-state index is 0.795. The lowest BCUT2D eigenvalue weighted by Gasteiger charge is -2.02. The van der Waals surface area contributed by atoms with Crippen LogP contribution in [-0.2, 0) is 0 Å². The van der Waals surface area contributed by atoms with Crippen LogP contribution in [0, 0.1) is 0 Å². The Labute approximate surface area is 143 Å². The summed E-state index contributed by atoms with van der Waals surface area (Å²) in [6, 6.07) is 24.7. The summed E-state index contributed by atoms with van der Waals surface area (Å²) < 4.78 is 12.0. The monoisotopic (exact) mass is 350 g/mol. The van der Waals surface area contributed by atoms with E-state index in [1.54, 1.807) is 0 Å². The zero-order valence-corrected chi connectivity index (χ0v) is 14.2. The third-order valence-corrected chi connectivity index (χ3v) is 5.44. The zero-order chi connectivity index (χ0) is 16.1. The van der Waals surface area contributed by atoms with Crippen LogP contribution in [0.2, 0.25) is 0 Å². The average molecular weight is 351 g/mol. The average Bonchev–Trinajstić information content (AvgIpc) is 2.77. The van der Waals surface area contributed by atoms with E-state index in [9.17, 15) is 0 Å². The van der Waals surface area contributed by atoms with Gasteiger partial charge in [-0.05, 0) is 22.9 Å². The Morgan fingerprint density at radius 1 is 0.542 bits per heavy atom. The molecule has 0 saturated heterocycles. The molecule has 0 bridgehead atoms. The standard InChI is InChI=1S/C20H12ClO2P/c21-24-22-19-15-7-3-1-5-13(15)9-11-17(19)18-12-10-14-6-2-4-8-16(14)20(18)23-24/h1-12H. The van der Waals surface area contributed by atoms with Crippen LogP contribution in [0.5, 0.6) is 0 Å². The first-order valence-corrected chi connectivity index (χ1v) is 9.75. The maximum atomic E-state index is 6.40. The van der Waals surface area contributed by atoms with E-state index >= 15 is 0 Å². The Balaban J connectivity index is 2.12. The quantitative estimate of drug-likeness (QED) is 0.287. The molecule has 4 heteroatoms. The second kappa shape index (κ2) is 5.31. The summed E-state index contributed by atoms with van der Waals surface area (Å²) in [5, 5.41) is 6.38. The third-order valence-electron chi connectivity index (χ3n) is 4.38. The molecule has 0 atom stereocenters. The van der Waals surface area contributed by atoms with Crippen molar-refractivity contribution < 1.29 is 8.39 Å². The van der Waals surface area contributed by atoms with Crippen molar-refractivity contribution in [2.45, 2.75) is 0 Å². The van der Waals surface area contributed by atoms with Gasteiger partial charge in [-0.15, -0.1) is 0 Å². The van der Waals surface area contributed by atoms with Gasteiger partial charge in [-0.1, -0.05) is 60.7 Å². The molecule has 116 valence electrons. The van der Waals surface area contributed by atoms with Crippen molar-refractivity contribution >= 4 is 62.1 Å². The van der Waals surface area contributed by atoms with Gasteiger partial charge in [-0.2, -0.15) is 0 Å². The smallest absolute Gasteiger partial charge is 0.327 e. The van der Waals surface area contributed by atoms with Gasteiger partial charge < -0.3 is 8.39 Å². The molecule has 5 rings (SSSR count). The van der Waals surface area contributed by atoms with Crippen molar-refractivity contribution in [2.75, 3.05) is 0 Å². The van der Waals surface area contributed by atoms with Crippen LogP contribution in [0.25, 0.3) is 43.5 Å². The van der Waals surface area contributed by atoms with Crippen molar-refractivity contribution in [1.29, 1.82) is 0 Å². The zero-order valence-electron chi connectivity index (χ0n) is 12.6. The maximum Gasteiger partial charge on any atom is 0.327 e. The van der Waals surface area contributed by atoms with Crippen molar-refractivity contribution in [1.82, 2.24) is 0 Å². The second-order valence-corrected chi connectivity index (χ2v) is 7.34. The summed E-state index contributed by atoms with van der Waals surface area (Å²) in [5.74, 6) is 0. The Morgan fingerprint density at radius 3 is 1.50 bits per heavy atom. The Bertz CT molecular complexity index is 1180. The van der Waals surface area contributed by atoms with E-state index in [0.29, 0.717) is 0 Å². The fraction of sp³-hybridized carbons (Fsp3) is 0. The Kier molecular flexibility index (Phi) is 3.09. The van der Waals surface area contributed by atoms with E-state index in [4.69, 9.17) is 19.6 Å². The highest BCUT2D eigenvalue weighted by atomic mass is 35.7. The van der Waals surface area contributed by atoms with E-state index in [1.807, 2.05) is 24.3 Å². The number of benzene rings is 4. The summed E-state index contributed by atoms with van der Waals surface area (Å²) in [6.07, 6.45) is 0. The summed E-state index contributed by atoms with van der Waals surface area (Å²) >= 11 is 6.40. The van der Waals surface area contributed by atoms with E-state index in [2.05, 4.69) is 48.5 Å². The largest absolute Gasteiger partial charge is 0.407 e. The van der Waals surface area contributed by atoms with Crippen LogP contribution in [0.3, 0.4) is 0 Å². The highest BCUT2D eigenvalue weighted by molar-refractivity contribution is 7.68. The van der Waals surface area contributed by atoms with Crippen LogP contribution in [-0.4, -0.2) is 0 Å². The number of halogens is 1. The molecule has 0 radical (unpaired) electrons. The SMILES string of the molecule is Clp1oc2c3ccccc3ccc2c2ccc3ccccc3c2o1. The predicted molar refractivity (Wildman–Crippen MR) is 103 cm³/mol. The topological polar surface area (TPSA) is 26.3 Å². The lowest BCUT2D eigenvalue weighted by atomic mass is 10.0. The van der Waals surface area contributed by atoms with Crippen molar-refractivity contribution in [2.24, 2.45) is 0 Å². The van der Waals surface area contributed by atoms with Crippen molar-refractivity contribution in [3.05, 3.63) is 72.8 Å². The molecule has 1 heterocycles. The number of rotatable bonds is 0. The van der Waals surface area contributed by atoms with Gasteiger partial charge in [0.1, 0.15) is 0 Å². The van der Waals surface area contributed by atoms with Crippen molar-refractivity contribution in [3.8, 4) is 0 Å². The van der Waals surface area contributed by atoms with Gasteiger partial charge in [0.25, 0.3) is 0 Å². The maximum absolute atomic E-state index is 6.40. The summed E-state index contributed by atoms with van der Waals surface area (Å²) in [4.78, 5) is 0. The number of hydrogen-bond donors (Lipinski definition) is 0. The van der Waals surface area contributed by atoms with Gasteiger partial charge >= 0.3 is 7.37 Å². The van der Waals surface area contributed by atoms with E-state index < -0.39 is 7.37 Å². The van der Waals surface area contributed by atoms with Crippen LogP contribution in [0.4, 0.5) is 0 Å². The highest BCUT2D eigenvalue weighted by Crippen LogP contribution is 2.42. The fourth-order valence-electron chi connectivity index (χ4n) is 3.27. The number of hydrogen-bond acceptors (Lipinski definition) is 2. The van der Waals surface area contributed by atoms with E-state index in [-0.39, 0.29) is 0 Å². The highest BCUT2D eigenvalue weighted by Gasteiger charge is 2.10. The molecule has 24 heavy (non-hydrogen) atoms. The molecule has 0 N–H and O–H groups in total. The molecular formula is C20H12ClO2P. The molecule has 2 nitrogen and oxygen atoms in total. The molecule has 0 amide bonds. The first-order valence-electron chi connectivity index (χ1n) is 7.67. The molecule has 0 saturated carbocycles. The molecule has 0 aliphatic rings. The van der Waals surface area contributed by atoms with E-state index in [0.717, 1.165) is 43.5 Å². The first-order chi connectivity index (χ1) is 11.8. The molecule has 1 aromatic heterocycles.